The van der Waals surface area contributed by atoms with Gasteiger partial charge in [-0.25, -0.2) is 8.78 Å². The minimum absolute atomic E-state index is 0.0394. The van der Waals surface area contributed by atoms with Gasteiger partial charge in [0.15, 0.2) is 0 Å². The fourth-order valence-electron chi connectivity index (χ4n) is 1.87. The minimum atomic E-state index is -4.54. The zero-order valence-corrected chi connectivity index (χ0v) is 10.3. The number of halogens is 5. The Kier molecular flexibility index (Phi) is 4.06. The third kappa shape index (κ3) is 3.79. The lowest BCUT2D eigenvalue weighted by molar-refractivity contribution is -0.146. The molecule has 0 aromatic heterocycles. The molecule has 106 valence electrons. The van der Waals surface area contributed by atoms with Crippen LogP contribution in [0.4, 0.5) is 22.0 Å². The van der Waals surface area contributed by atoms with Crippen LogP contribution in [0.1, 0.15) is 18.2 Å². The average Bonchev–Trinajstić information content (AvgIpc) is 2.37. The van der Waals surface area contributed by atoms with Crippen LogP contribution in [0.15, 0.2) is 48.5 Å². The lowest BCUT2D eigenvalue weighted by Crippen LogP contribution is -2.11. The van der Waals surface area contributed by atoms with E-state index >= 15 is 0 Å². The fourth-order valence-corrected chi connectivity index (χ4v) is 1.87. The fraction of sp³-hybridized carbons (Fsp3) is 0.200. The van der Waals surface area contributed by atoms with E-state index in [-0.39, 0.29) is 5.56 Å². The van der Waals surface area contributed by atoms with Crippen molar-refractivity contribution in [2.75, 3.05) is 0 Å². The van der Waals surface area contributed by atoms with E-state index in [0.29, 0.717) is 11.1 Å². The summed E-state index contributed by atoms with van der Waals surface area (Å²) >= 11 is 0. The number of rotatable bonds is 3. The maximum atomic E-state index is 13.4. The second-order valence-corrected chi connectivity index (χ2v) is 4.42. The smallest absolute Gasteiger partial charge is 0.242 e. The molecule has 2 rings (SSSR count). The highest BCUT2D eigenvalue weighted by atomic mass is 19.4. The molecule has 0 spiro atoms. The van der Waals surface area contributed by atoms with E-state index in [1.807, 2.05) is 0 Å². The Labute approximate surface area is 112 Å². The molecule has 0 saturated heterocycles. The van der Waals surface area contributed by atoms with E-state index in [0.717, 1.165) is 0 Å². The van der Waals surface area contributed by atoms with Crippen molar-refractivity contribution in [3.63, 3.8) is 0 Å². The van der Waals surface area contributed by atoms with Gasteiger partial charge in [0.25, 0.3) is 0 Å². The van der Waals surface area contributed by atoms with Crippen LogP contribution >= 0.6 is 0 Å². The molecule has 0 aliphatic carbocycles. The van der Waals surface area contributed by atoms with Crippen LogP contribution in [0.25, 0.3) is 11.1 Å². The van der Waals surface area contributed by atoms with Crippen molar-refractivity contribution >= 4 is 0 Å². The van der Waals surface area contributed by atoms with Crippen molar-refractivity contribution in [3.05, 3.63) is 59.9 Å². The van der Waals surface area contributed by atoms with E-state index in [2.05, 4.69) is 0 Å². The lowest BCUT2D eigenvalue weighted by Gasteiger charge is -2.12. The van der Waals surface area contributed by atoms with Crippen LogP contribution in [-0.2, 0) is 0 Å². The van der Waals surface area contributed by atoms with Crippen LogP contribution in [0, 0.1) is 5.82 Å². The molecule has 0 fully saturated rings. The summed E-state index contributed by atoms with van der Waals surface area (Å²) in [5.41, 5.74) is 1.16. The zero-order valence-electron chi connectivity index (χ0n) is 10.3. The standard InChI is InChI=1S/C15H11F5/c16-13-3-1-2-12(8-13)10-4-6-11(7-5-10)14(17)9-15(18,19)20/h1-8,14H,9H2. The average molecular weight is 286 g/mol. The summed E-state index contributed by atoms with van der Waals surface area (Å²) in [6.07, 6.45) is -8.14. The van der Waals surface area contributed by atoms with E-state index in [4.69, 9.17) is 0 Å². The Morgan fingerprint density at radius 1 is 0.900 bits per heavy atom. The first kappa shape index (κ1) is 14.5. The predicted molar refractivity (Wildman–Crippen MR) is 66.4 cm³/mol. The lowest BCUT2D eigenvalue weighted by atomic mass is 10.0. The highest BCUT2D eigenvalue weighted by Gasteiger charge is 2.32. The Bertz CT molecular complexity index is 572. The van der Waals surface area contributed by atoms with E-state index in [9.17, 15) is 22.0 Å². The van der Waals surface area contributed by atoms with Crippen molar-refractivity contribution < 1.29 is 22.0 Å². The molecule has 2 aromatic rings. The molecule has 0 nitrogen and oxygen atoms in total. The quantitative estimate of drug-likeness (QED) is 0.658. The van der Waals surface area contributed by atoms with Gasteiger partial charge in [-0.3, -0.25) is 0 Å². The number of alkyl halides is 4. The molecule has 0 saturated carbocycles. The summed E-state index contributed by atoms with van der Waals surface area (Å²) in [5.74, 6) is -0.410. The zero-order chi connectivity index (χ0) is 14.8. The van der Waals surface area contributed by atoms with E-state index < -0.39 is 24.6 Å². The van der Waals surface area contributed by atoms with Crippen molar-refractivity contribution in [2.24, 2.45) is 0 Å². The van der Waals surface area contributed by atoms with Gasteiger partial charge < -0.3 is 0 Å². The first-order valence-electron chi connectivity index (χ1n) is 5.92. The molecule has 0 heterocycles. The van der Waals surface area contributed by atoms with Gasteiger partial charge in [0.2, 0.25) is 0 Å². The third-order valence-electron chi connectivity index (χ3n) is 2.84. The highest BCUT2D eigenvalue weighted by molar-refractivity contribution is 5.63. The molecule has 0 N–H and O–H groups in total. The van der Waals surface area contributed by atoms with Crippen molar-refractivity contribution in [1.82, 2.24) is 0 Å². The number of hydrogen-bond donors (Lipinski definition) is 0. The summed E-state index contributed by atoms with van der Waals surface area (Å²) in [6, 6.07) is 11.3. The maximum absolute atomic E-state index is 13.4. The molecular weight excluding hydrogens is 275 g/mol. The van der Waals surface area contributed by atoms with Gasteiger partial charge in [-0.15, -0.1) is 0 Å². The molecule has 1 unspecified atom stereocenters. The second-order valence-electron chi connectivity index (χ2n) is 4.42. The van der Waals surface area contributed by atoms with Crippen LogP contribution < -0.4 is 0 Å². The maximum Gasteiger partial charge on any atom is 0.392 e. The van der Waals surface area contributed by atoms with Gasteiger partial charge in [-0.05, 0) is 28.8 Å². The van der Waals surface area contributed by atoms with Gasteiger partial charge in [0.05, 0.1) is 6.42 Å². The molecular formula is C15H11F5. The molecule has 0 amide bonds. The molecule has 0 radical (unpaired) electrons. The molecule has 0 aliphatic rings. The molecule has 20 heavy (non-hydrogen) atoms. The van der Waals surface area contributed by atoms with Gasteiger partial charge in [-0.1, -0.05) is 36.4 Å². The Morgan fingerprint density at radius 2 is 1.55 bits per heavy atom. The Hall–Kier alpha value is -1.91. The second kappa shape index (κ2) is 5.61. The monoisotopic (exact) mass is 286 g/mol. The largest absolute Gasteiger partial charge is 0.392 e. The summed E-state index contributed by atoms with van der Waals surface area (Å²) in [5, 5.41) is 0. The minimum Gasteiger partial charge on any atom is -0.242 e. The van der Waals surface area contributed by atoms with E-state index in [1.54, 1.807) is 6.07 Å². The number of benzene rings is 2. The number of hydrogen-bond acceptors (Lipinski definition) is 0. The molecule has 0 bridgehead atoms. The first-order valence-corrected chi connectivity index (χ1v) is 5.92. The summed E-state index contributed by atoms with van der Waals surface area (Å²) in [4.78, 5) is 0. The van der Waals surface area contributed by atoms with Crippen molar-refractivity contribution in [3.8, 4) is 11.1 Å². The molecule has 5 heteroatoms. The van der Waals surface area contributed by atoms with Gasteiger partial charge >= 0.3 is 6.18 Å². The third-order valence-corrected chi connectivity index (χ3v) is 2.84. The van der Waals surface area contributed by atoms with Crippen molar-refractivity contribution in [2.45, 2.75) is 18.8 Å². The molecule has 2 aromatic carbocycles. The van der Waals surface area contributed by atoms with Crippen LogP contribution in [0.5, 0.6) is 0 Å². The first-order chi connectivity index (χ1) is 9.35. The van der Waals surface area contributed by atoms with Gasteiger partial charge in [0.1, 0.15) is 12.0 Å². The van der Waals surface area contributed by atoms with Crippen LogP contribution in [-0.4, -0.2) is 6.18 Å². The van der Waals surface area contributed by atoms with Crippen LogP contribution in [0.2, 0.25) is 0 Å². The molecule has 1 atom stereocenters. The van der Waals surface area contributed by atoms with Crippen LogP contribution in [0.3, 0.4) is 0 Å². The SMILES string of the molecule is Fc1cccc(-c2ccc(C(F)CC(F)(F)F)cc2)c1. The van der Waals surface area contributed by atoms with Gasteiger partial charge in [-0.2, -0.15) is 13.2 Å². The normalized spacial score (nSPS) is 13.2. The van der Waals surface area contributed by atoms with Gasteiger partial charge in [0, 0.05) is 0 Å². The Morgan fingerprint density at radius 3 is 2.10 bits per heavy atom. The topological polar surface area (TPSA) is 0 Å². The summed E-state index contributed by atoms with van der Waals surface area (Å²) < 4.78 is 62.8. The van der Waals surface area contributed by atoms with Crippen molar-refractivity contribution in [1.29, 1.82) is 0 Å². The van der Waals surface area contributed by atoms with E-state index in [1.165, 1.54) is 42.5 Å². The predicted octanol–water partition coefficient (Wildman–Crippen LogP) is 5.46. The Balaban J connectivity index is 2.18. The highest BCUT2D eigenvalue weighted by Crippen LogP contribution is 2.33. The molecule has 0 aliphatic heterocycles. The summed E-state index contributed by atoms with van der Waals surface area (Å²) in [6.45, 7) is 0. The summed E-state index contributed by atoms with van der Waals surface area (Å²) in [7, 11) is 0.